The van der Waals surface area contributed by atoms with Crippen molar-refractivity contribution < 1.29 is 18.7 Å². The summed E-state index contributed by atoms with van der Waals surface area (Å²) in [5.41, 5.74) is 1.86. The number of esters is 1. The molecular weight excluding hydrogens is 385 g/mol. The molecule has 1 aliphatic heterocycles. The third-order valence-electron chi connectivity index (χ3n) is 5.16. The summed E-state index contributed by atoms with van der Waals surface area (Å²) in [5.74, 6) is -1.05. The highest BCUT2D eigenvalue weighted by atomic mass is 19.1. The van der Waals surface area contributed by atoms with Gasteiger partial charge in [-0.1, -0.05) is 12.1 Å². The Bertz CT molecular complexity index is 1010. The van der Waals surface area contributed by atoms with Gasteiger partial charge in [0.05, 0.1) is 11.3 Å². The minimum absolute atomic E-state index is 0.250. The molecule has 2 heterocycles. The Kier molecular flexibility index (Phi) is 5.79. The minimum Gasteiger partial charge on any atom is -0.452 e. The van der Waals surface area contributed by atoms with Gasteiger partial charge in [0.1, 0.15) is 5.82 Å². The zero-order chi connectivity index (χ0) is 20.9. The molecule has 1 aliphatic rings. The summed E-state index contributed by atoms with van der Waals surface area (Å²) in [7, 11) is 0. The molecule has 2 aromatic carbocycles. The van der Waals surface area contributed by atoms with E-state index in [1.165, 1.54) is 6.07 Å². The Balaban J connectivity index is 1.27. The van der Waals surface area contributed by atoms with E-state index in [0.717, 1.165) is 5.69 Å². The molecule has 0 N–H and O–H groups in total. The van der Waals surface area contributed by atoms with Crippen LogP contribution in [0.1, 0.15) is 10.4 Å². The topological polar surface area (TPSA) is 54.8 Å². The Labute approximate surface area is 174 Å². The van der Waals surface area contributed by atoms with Crippen LogP contribution in [0.25, 0.3) is 5.69 Å². The van der Waals surface area contributed by atoms with E-state index in [9.17, 15) is 14.0 Å². The molecule has 7 heteroatoms. The average molecular weight is 407 g/mol. The van der Waals surface area contributed by atoms with Crippen LogP contribution in [-0.4, -0.2) is 54.1 Å². The predicted octanol–water partition coefficient (Wildman–Crippen LogP) is 3.12. The van der Waals surface area contributed by atoms with Gasteiger partial charge in [-0.2, -0.15) is 0 Å². The van der Waals surface area contributed by atoms with E-state index in [4.69, 9.17) is 4.74 Å². The van der Waals surface area contributed by atoms with E-state index in [2.05, 4.69) is 0 Å². The second-order valence-corrected chi connectivity index (χ2v) is 7.03. The van der Waals surface area contributed by atoms with Crippen molar-refractivity contribution in [3.05, 3.63) is 84.4 Å². The van der Waals surface area contributed by atoms with Crippen molar-refractivity contribution in [3.63, 3.8) is 0 Å². The number of rotatable bonds is 5. The first-order valence-electron chi connectivity index (χ1n) is 9.79. The third-order valence-corrected chi connectivity index (χ3v) is 5.16. The van der Waals surface area contributed by atoms with Gasteiger partial charge in [-0.3, -0.25) is 4.79 Å². The van der Waals surface area contributed by atoms with E-state index >= 15 is 0 Å². The summed E-state index contributed by atoms with van der Waals surface area (Å²) in [4.78, 5) is 28.2. The molecular formula is C23H22FN3O3. The number of ether oxygens (including phenoxy) is 1. The van der Waals surface area contributed by atoms with Crippen LogP contribution in [0.15, 0.2) is 73.1 Å². The Morgan fingerprint density at radius 2 is 1.53 bits per heavy atom. The number of halogens is 1. The highest BCUT2D eigenvalue weighted by Crippen LogP contribution is 2.20. The first-order valence-corrected chi connectivity index (χ1v) is 9.79. The van der Waals surface area contributed by atoms with Gasteiger partial charge in [-0.25, -0.2) is 9.18 Å². The normalized spacial score (nSPS) is 13.9. The standard InChI is InChI=1S/C23H22FN3O3/c24-20-5-1-2-6-21(20)26-13-15-27(16-14-26)22(28)17-30-23(29)18-7-9-19(10-8-18)25-11-3-4-12-25/h1-12H,13-17H2. The number of piperazine rings is 1. The number of carbonyl (C=O) groups is 2. The number of hydrogen-bond acceptors (Lipinski definition) is 4. The van der Waals surface area contributed by atoms with Crippen molar-refractivity contribution in [2.45, 2.75) is 0 Å². The van der Waals surface area contributed by atoms with Gasteiger partial charge in [0, 0.05) is 44.3 Å². The summed E-state index contributed by atoms with van der Waals surface area (Å²) in [6, 6.07) is 17.4. The monoisotopic (exact) mass is 407 g/mol. The lowest BCUT2D eigenvalue weighted by Crippen LogP contribution is -2.50. The number of carbonyl (C=O) groups excluding carboxylic acids is 2. The number of benzene rings is 2. The summed E-state index contributed by atoms with van der Waals surface area (Å²) in [6.45, 7) is 1.66. The van der Waals surface area contributed by atoms with Crippen LogP contribution < -0.4 is 4.90 Å². The lowest BCUT2D eigenvalue weighted by Gasteiger charge is -2.36. The van der Waals surface area contributed by atoms with E-state index < -0.39 is 5.97 Å². The third kappa shape index (κ3) is 4.35. The molecule has 1 saturated heterocycles. The molecule has 0 atom stereocenters. The fourth-order valence-corrected chi connectivity index (χ4v) is 3.48. The van der Waals surface area contributed by atoms with Crippen molar-refractivity contribution in [1.82, 2.24) is 9.47 Å². The molecule has 0 spiro atoms. The zero-order valence-corrected chi connectivity index (χ0v) is 16.4. The molecule has 0 unspecified atom stereocenters. The molecule has 30 heavy (non-hydrogen) atoms. The van der Waals surface area contributed by atoms with Crippen molar-refractivity contribution in [1.29, 1.82) is 0 Å². The number of nitrogens with zero attached hydrogens (tertiary/aromatic N) is 3. The van der Waals surface area contributed by atoms with Gasteiger partial charge in [-0.15, -0.1) is 0 Å². The lowest BCUT2D eigenvalue weighted by molar-refractivity contribution is -0.134. The summed E-state index contributed by atoms with van der Waals surface area (Å²) in [5, 5.41) is 0. The first kappa shape index (κ1) is 19.7. The minimum atomic E-state index is -0.535. The van der Waals surface area contributed by atoms with Crippen LogP contribution in [0.5, 0.6) is 0 Å². The quantitative estimate of drug-likeness (QED) is 0.610. The molecule has 1 amide bonds. The maximum absolute atomic E-state index is 13.9. The van der Waals surface area contributed by atoms with E-state index in [1.807, 2.05) is 46.1 Å². The van der Waals surface area contributed by atoms with Crippen LogP contribution in [-0.2, 0) is 9.53 Å². The van der Waals surface area contributed by atoms with Crippen LogP contribution in [0.3, 0.4) is 0 Å². The molecule has 6 nitrogen and oxygen atoms in total. The summed E-state index contributed by atoms with van der Waals surface area (Å²) < 4.78 is 21.0. The molecule has 154 valence electrons. The maximum Gasteiger partial charge on any atom is 0.338 e. The SMILES string of the molecule is O=C(OCC(=O)N1CCN(c2ccccc2F)CC1)c1ccc(-n2cccc2)cc1. The summed E-state index contributed by atoms with van der Waals surface area (Å²) in [6.07, 6.45) is 3.83. The summed E-state index contributed by atoms with van der Waals surface area (Å²) >= 11 is 0. The molecule has 4 rings (SSSR count). The van der Waals surface area contributed by atoms with Gasteiger partial charge in [0.25, 0.3) is 5.91 Å². The zero-order valence-electron chi connectivity index (χ0n) is 16.4. The molecule has 1 aromatic heterocycles. The number of aromatic nitrogens is 1. The van der Waals surface area contributed by atoms with E-state index in [-0.39, 0.29) is 18.3 Å². The van der Waals surface area contributed by atoms with Crippen LogP contribution in [0, 0.1) is 5.82 Å². The van der Waals surface area contributed by atoms with E-state index in [0.29, 0.717) is 37.4 Å². The Hall–Kier alpha value is -3.61. The number of para-hydroxylation sites is 1. The fraction of sp³-hybridized carbons (Fsp3) is 0.217. The van der Waals surface area contributed by atoms with Crippen LogP contribution in [0.4, 0.5) is 10.1 Å². The van der Waals surface area contributed by atoms with Crippen molar-refractivity contribution >= 4 is 17.6 Å². The number of hydrogen-bond donors (Lipinski definition) is 0. The fourth-order valence-electron chi connectivity index (χ4n) is 3.48. The molecule has 0 aliphatic carbocycles. The Morgan fingerprint density at radius 1 is 0.867 bits per heavy atom. The Morgan fingerprint density at radius 3 is 2.20 bits per heavy atom. The predicted molar refractivity (Wildman–Crippen MR) is 111 cm³/mol. The second kappa shape index (κ2) is 8.82. The molecule has 1 fully saturated rings. The van der Waals surface area contributed by atoms with Gasteiger partial charge in [0.2, 0.25) is 0 Å². The lowest BCUT2D eigenvalue weighted by atomic mass is 10.2. The van der Waals surface area contributed by atoms with Gasteiger partial charge < -0.3 is 19.1 Å². The number of anilines is 1. The average Bonchev–Trinajstić information content (AvgIpc) is 3.33. The van der Waals surface area contributed by atoms with Gasteiger partial charge in [-0.05, 0) is 48.5 Å². The molecule has 0 radical (unpaired) electrons. The van der Waals surface area contributed by atoms with E-state index in [1.54, 1.807) is 35.2 Å². The second-order valence-electron chi connectivity index (χ2n) is 7.03. The highest BCUT2D eigenvalue weighted by molar-refractivity contribution is 5.91. The molecule has 3 aromatic rings. The van der Waals surface area contributed by atoms with Gasteiger partial charge >= 0.3 is 5.97 Å². The highest BCUT2D eigenvalue weighted by Gasteiger charge is 2.23. The first-order chi connectivity index (χ1) is 14.6. The molecule has 0 saturated carbocycles. The maximum atomic E-state index is 13.9. The van der Waals surface area contributed by atoms with Crippen LogP contribution in [0.2, 0.25) is 0 Å². The molecule has 0 bridgehead atoms. The van der Waals surface area contributed by atoms with Crippen molar-refractivity contribution in [2.24, 2.45) is 0 Å². The smallest absolute Gasteiger partial charge is 0.338 e. The van der Waals surface area contributed by atoms with Gasteiger partial charge in [0.15, 0.2) is 6.61 Å². The number of amides is 1. The van der Waals surface area contributed by atoms with Crippen LogP contribution >= 0.6 is 0 Å². The largest absolute Gasteiger partial charge is 0.452 e. The van der Waals surface area contributed by atoms with Crippen molar-refractivity contribution in [2.75, 3.05) is 37.7 Å². The van der Waals surface area contributed by atoms with Crippen molar-refractivity contribution in [3.8, 4) is 5.69 Å².